The van der Waals surface area contributed by atoms with Crippen LogP contribution < -0.4 is 14.8 Å². The molecule has 0 aliphatic heterocycles. The highest BCUT2D eigenvalue weighted by Gasteiger charge is 2.17. The first kappa shape index (κ1) is 26.2. The number of amides is 1. The summed E-state index contributed by atoms with van der Waals surface area (Å²) in [5, 5.41) is 12.0. The highest BCUT2D eigenvalue weighted by atomic mass is 35.5. The van der Waals surface area contributed by atoms with E-state index in [1.54, 1.807) is 30.3 Å². The third-order valence-electron chi connectivity index (χ3n) is 4.47. The van der Waals surface area contributed by atoms with Gasteiger partial charge in [0.25, 0.3) is 11.1 Å². The van der Waals surface area contributed by atoms with Crippen LogP contribution in [-0.4, -0.2) is 43.2 Å². The van der Waals surface area contributed by atoms with Crippen LogP contribution in [0.4, 0.5) is 5.13 Å². The van der Waals surface area contributed by atoms with Crippen LogP contribution in [0, 0.1) is 18.3 Å². The summed E-state index contributed by atoms with van der Waals surface area (Å²) < 4.78 is 38.0. The van der Waals surface area contributed by atoms with Crippen LogP contribution in [0.3, 0.4) is 0 Å². The molecule has 35 heavy (non-hydrogen) atoms. The molecule has 0 fully saturated rings. The number of halogens is 1. The van der Waals surface area contributed by atoms with E-state index < -0.39 is 15.7 Å². The molecule has 1 aromatic heterocycles. The zero-order valence-corrected chi connectivity index (χ0v) is 21.2. The maximum Gasteiger partial charge on any atom is 0.268 e. The third kappa shape index (κ3) is 7.78. The van der Waals surface area contributed by atoms with Crippen molar-refractivity contribution in [3.63, 3.8) is 0 Å². The molecule has 0 radical (unpaired) electrons. The normalized spacial score (nSPS) is 11.5. The largest absolute Gasteiger partial charge is 0.493 e. The summed E-state index contributed by atoms with van der Waals surface area (Å²) in [6, 6.07) is 14.2. The molecule has 0 aliphatic rings. The molecule has 9 nitrogen and oxygen atoms in total. The Labute approximate surface area is 212 Å². The van der Waals surface area contributed by atoms with Crippen molar-refractivity contribution in [2.45, 2.75) is 18.5 Å². The predicted molar refractivity (Wildman–Crippen MR) is 133 cm³/mol. The molecule has 0 saturated carbocycles. The number of nitrogens with zero attached hydrogens (tertiary/aromatic N) is 3. The summed E-state index contributed by atoms with van der Waals surface area (Å²) >= 11 is 6.72. The minimum Gasteiger partial charge on any atom is -0.493 e. The van der Waals surface area contributed by atoms with Crippen molar-refractivity contribution >= 4 is 50.1 Å². The molecule has 1 N–H and O–H groups in total. The molecule has 12 heteroatoms. The molecule has 0 unspecified atom stereocenters. The van der Waals surface area contributed by atoms with E-state index in [-0.39, 0.29) is 15.9 Å². The van der Waals surface area contributed by atoms with Gasteiger partial charge in [-0.3, -0.25) is 10.1 Å². The van der Waals surface area contributed by atoms with E-state index >= 15 is 0 Å². The standard InChI is InChI=1S/C23H21ClN4O5S2/c1-15-12-19(8-9-20(15)24)33-11-3-10-32-18-6-4-16(5-7-18)13-17(14-25)21(29)26-22-27-23(28-34-22)35(2,30)31/h4-9,12-13H,3,10-11H2,1-2H3,(H,26,27,28,29). The van der Waals surface area contributed by atoms with Gasteiger partial charge in [0.1, 0.15) is 23.1 Å². The average Bonchev–Trinajstić information content (AvgIpc) is 3.29. The van der Waals surface area contributed by atoms with E-state index in [9.17, 15) is 18.5 Å². The topological polar surface area (TPSA) is 131 Å². The zero-order valence-electron chi connectivity index (χ0n) is 18.8. The number of aromatic nitrogens is 2. The number of aryl methyl sites for hydroxylation is 1. The molecular formula is C23H21ClN4O5S2. The minimum atomic E-state index is -3.59. The molecule has 0 spiro atoms. The first-order chi connectivity index (χ1) is 16.7. The molecule has 182 valence electrons. The second kappa shape index (κ2) is 11.8. The number of rotatable bonds is 10. The third-order valence-corrected chi connectivity index (χ3v) is 6.49. The maximum absolute atomic E-state index is 12.4. The first-order valence-electron chi connectivity index (χ1n) is 10.2. The Morgan fingerprint density at radius 3 is 2.43 bits per heavy atom. The Morgan fingerprint density at radius 2 is 1.83 bits per heavy atom. The summed E-state index contributed by atoms with van der Waals surface area (Å²) in [6.07, 6.45) is 3.04. The minimum absolute atomic E-state index is 0.0181. The van der Waals surface area contributed by atoms with Crippen LogP contribution in [0.1, 0.15) is 17.5 Å². The SMILES string of the molecule is Cc1cc(OCCCOc2ccc(C=C(C#N)C(=O)Nc3nc(S(C)(=O)=O)ns3)cc2)ccc1Cl. The van der Waals surface area contributed by atoms with Gasteiger partial charge in [0, 0.05) is 29.2 Å². The number of carbonyl (C=O) groups is 1. The van der Waals surface area contributed by atoms with Gasteiger partial charge in [-0.05, 0) is 54.5 Å². The zero-order chi connectivity index (χ0) is 25.4. The lowest BCUT2D eigenvalue weighted by Crippen LogP contribution is -2.13. The fourth-order valence-electron chi connectivity index (χ4n) is 2.70. The molecule has 3 aromatic rings. The predicted octanol–water partition coefficient (Wildman–Crippen LogP) is 4.30. The number of hydrogen-bond acceptors (Lipinski definition) is 9. The van der Waals surface area contributed by atoms with Crippen LogP contribution in [0.5, 0.6) is 11.5 Å². The average molecular weight is 533 g/mol. The van der Waals surface area contributed by atoms with Crippen molar-refractivity contribution in [2.24, 2.45) is 0 Å². The summed E-state index contributed by atoms with van der Waals surface area (Å²) in [4.78, 5) is 16.1. The second-order valence-corrected chi connectivity index (χ2v) is 10.4. The Hall–Kier alpha value is -3.46. The number of ether oxygens (including phenoxy) is 2. The quantitative estimate of drug-likeness (QED) is 0.232. The molecule has 0 saturated heterocycles. The Kier molecular flexibility index (Phi) is 8.81. The summed E-state index contributed by atoms with van der Waals surface area (Å²) in [6.45, 7) is 2.85. The van der Waals surface area contributed by atoms with Gasteiger partial charge in [-0.2, -0.15) is 14.6 Å². The number of nitrogens with one attached hydrogen (secondary N) is 1. The number of sulfone groups is 1. The number of benzene rings is 2. The van der Waals surface area contributed by atoms with Gasteiger partial charge >= 0.3 is 0 Å². The van der Waals surface area contributed by atoms with Crippen molar-refractivity contribution in [3.05, 3.63) is 64.2 Å². The lowest BCUT2D eigenvalue weighted by molar-refractivity contribution is -0.112. The van der Waals surface area contributed by atoms with Crippen LogP contribution >= 0.6 is 23.1 Å². The molecule has 2 aromatic carbocycles. The lowest BCUT2D eigenvalue weighted by Gasteiger charge is -2.09. The van der Waals surface area contributed by atoms with Crippen molar-refractivity contribution in [2.75, 3.05) is 24.8 Å². The van der Waals surface area contributed by atoms with Gasteiger partial charge in [-0.1, -0.05) is 23.7 Å². The Morgan fingerprint density at radius 1 is 1.17 bits per heavy atom. The highest BCUT2D eigenvalue weighted by molar-refractivity contribution is 7.90. The second-order valence-electron chi connectivity index (χ2n) is 7.31. The summed E-state index contributed by atoms with van der Waals surface area (Å²) in [5.74, 6) is 0.664. The van der Waals surface area contributed by atoms with E-state index in [1.807, 2.05) is 25.1 Å². The van der Waals surface area contributed by atoms with Crippen molar-refractivity contribution in [1.82, 2.24) is 9.36 Å². The van der Waals surface area contributed by atoms with Crippen molar-refractivity contribution in [3.8, 4) is 17.6 Å². The van der Waals surface area contributed by atoms with E-state index in [0.29, 0.717) is 47.5 Å². The monoisotopic (exact) mass is 532 g/mol. The fraction of sp³-hybridized carbons (Fsp3) is 0.217. The smallest absolute Gasteiger partial charge is 0.268 e. The summed E-state index contributed by atoms with van der Waals surface area (Å²) in [5.41, 5.74) is 1.39. The lowest BCUT2D eigenvalue weighted by atomic mass is 10.1. The van der Waals surface area contributed by atoms with Crippen LogP contribution in [0.25, 0.3) is 6.08 Å². The van der Waals surface area contributed by atoms with Crippen LogP contribution in [0.2, 0.25) is 5.02 Å². The molecule has 1 amide bonds. The van der Waals surface area contributed by atoms with Gasteiger partial charge in [-0.25, -0.2) is 8.42 Å². The van der Waals surface area contributed by atoms with Gasteiger partial charge in [0.05, 0.1) is 13.2 Å². The first-order valence-corrected chi connectivity index (χ1v) is 13.3. The highest BCUT2D eigenvalue weighted by Crippen LogP contribution is 2.21. The molecule has 1 heterocycles. The molecule has 3 rings (SSSR count). The van der Waals surface area contributed by atoms with Gasteiger partial charge < -0.3 is 9.47 Å². The van der Waals surface area contributed by atoms with E-state index in [0.717, 1.165) is 17.6 Å². The number of anilines is 1. The number of hydrogen-bond donors (Lipinski definition) is 1. The van der Waals surface area contributed by atoms with Gasteiger partial charge in [-0.15, -0.1) is 0 Å². The van der Waals surface area contributed by atoms with Crippen LogP contribution in [0.15, 0.2) is 53.2 Å². The molecule has 0 atom stereocenters. The summed E-state index contributed by atoms with van der Waals surface area (Å²) in [7, 11) is -3.59. The van der Waals surface area contributed by atoms with E-state index in [1.165, 1.54) is 6.08 Å². The molecule has 0 bridgehead atoms. The van der Waals surface area contributed by atoms with E-state index in [2.05, 4.69) is 14.7 Å². The van der Waals surface area contributed by atoms with Gasteiger partial charge in [0.15, 0.2) is 0 Å². The number of nitriles is 1. The Bertz CT molecular complexity index is 1380. The molecular weight excluding hydrogens is 512 g/mol. The Balaban J connectivity index is 1.49. The van der Waals surface area contributed by atoms with Crippen molar-refractivity contribution < 1.29 is 22.7 Å². The van der Waals surface area contributed by atoms with Crippen LogP contribution in [-0.2, 0) is 14.6 Å². The van der Waals surface area contributed by atoms with Gasteiger partial charge in [0.2, 0.25) is 15.0 Å². The number of carbonyl (C=O) groups excluding carboxylic acids is 1. The van der Waals surface area contributed by atoms with E-state index in [4.69, 9.17) is 21.1 Å². The fourth-order valence-corrected chi connectivity index (χ4v) is 4.25. The maximum atomic E-state index is 12.4. The van der Waals surface area contributed by atoms with Crippen molar-refractivity contribution in [1.29, 1.82) is 5.26 Å². The molecule has 0 aliphatic carbocycles.